The molecule has 0 radical (unpaired) electrons. The van der Waals surface area contributed by atoms with Gasteiger partial charge in [-0.2, -0.15) is 15.0 Å². The molecule has 1 aliphatic rings. The first-order chi connectivity index (χ1) is 16.0. The number of carbonyl (C=O) groups is 1. The number of amides is 1. The van der Waals surface area contributed by atoms with Crippen LogP contribution in [0.4, 0.5) is 5.95 Å². The van der Waals surface area contributed by atoms with Gasteiger partial charge in [-0.1, -0.05) is 23.8 Å². The number of anilines is 1. The predicted octanol–water partition coefficient (Wildman–Crippen LogP) is 2.47. The van der Waals surface area contributed by atoms with Crippen LogP contribution in [0.2, 0.25) is 0 Å². The Hall–Kier alpha value is -4.01. The van der Waals surface area contributed by atoms with Crippen molar-refractivity contribution >= 4 is 22.8 Å². The Labute approximate surface area is 190 Å². The number of nitrogens with one attached hydrogen (secondary N) is 1. The lowest BCUT2D eigenvalue weighted by molar-refractivity contribution is 0.0766. The highest BCUT2D eigenvalue weighted by molar-refractivity contribution is 5.98. The predicted molar refractivity (Wildman–Crippen MR) is 126 cm³/mol. The average molecular weight is 444 g/mol. The Morgan fingerprint density at radius 1 is 1.00 bits per heavy atom. The molecule has 168 valence electrons. The topological polar surface area (TPSA) is 100 Å². The Morgan fingerprint density at radius 2 is 1.82 bits per heavy atom. The molecule has 9 heteroatoms. The SMILES string of the molecule is Cc1ccc(-n2nccn2)c(C(=O)N2CCCN(c3nc4cccc(C)c4c(=O)[nH]3)CC2)c1. The molecule has 33 heavy (non-hydrogen) atoms. The first-order valence-corrected chi connectivity index (χ1v) is 11.0. The van der Waals surface area contributed by atoms with Crippen molar-refractivity contribution < 1.29 is 4.79 Å². The van der Waals surface area contributed by atoms with E-state index in [1.165, 1.54) is 4.80 Å². The Balaban J connectivity index is 1.40. The standard InChI is InChI=1S/C24H25N7O2/c1-16-7-8-20(31-25-9-10-26-31)18(15-16)23(33)29-11-4-12-30(14-13-29)24-27-19-6-3-5-17(2)21(19)22(32)28-24/h3,5-10,15H,4,11-14H2,1-2H3,(H,27,28,32). The average Bonchev–Trinajstić information content (AvgIpc) is 3.22. The van der Waals surface area contributed by atoms with E-state index in [4.69, 9.17) is 4.98 Å². The molecule has 2 aromatic carbocycles. The highest BCUT2D eigenvalue weighted by atomic mass is 16.2. The largest absolute Gasteiger partial charge is 0.340 e. The van der Waals surface area contributed by atoms with Gasteiger partial charge in [-0.15, -0.1) is 0 Å². The van der Waals surface area contributed by atoms with Crippen molar-refractivity contribution in [1.29, 1.82) is 0 Å². The fourth-order valence-electron chi connectivity index (χ4n) is 4.34. The lowest BCUT2D eigenvalue weighted by Crippen LogP contribution is -2.36. The molecule has 1 saturated heterocycles. The first kappa shape index (κ1) is 20.9. The number of aryl methyl sites for hydroxylation is 2. The van der Waals surface area contributed by atoms with Gasteiger partial charge in [-0.05, 0) is 44.0 Å². The highest BCUT2D eigenvalue weighted by Crippen LogP contribution is 2.20. The van der Waals surface area contributed by atoms with E-state index in [2.05, 4.69) is 15.2 Å². The van der Waals surface area contributed by atoms with Gasteiger partial charge in [-0.25, -0.2) is 4.98 Å². The van der Waals surface area contributed by atoms with Crippen LogP contribution in [0.3, 0.4) is 0 Å². The summed E-state index contributed by atoms with van der Waals surface area (Å²) in [6, 6.07) is 11.4. The second-order valence-corrected chi connectivity index (χ2v) is 8.33. The van der Waals surface area contributed by atoms with Crippen LogP contribution >= 0.6 is 0 Å². The number of hydrogen-bond acceptors (Lipinski definition) is 6. The van der Waals surface area contributed by atoms with Crippen molar-refractivity contribution in [1.82, 2.24) is 29.9 Å². The van der Waals surface area contributed by atoms with Gasteiger partial charge in [0, 0.05) is 26.2 Å². The summed E-state index contributed by atoms with van der Waals surface area (Å²) in [5.41, 5.74) is 3.68. The van der Waals surface area contributed by atoms with E-state index in [1.54, 1.807) is 12.4 Å². The minimum Gasteiger partial charge on any atom is -0.340 e. The summed E-state index contributed by atoms with van der Waals surface area (Å²) >= 11 is 0. The molecule has 3 heterocycles. The molecule has 9 nitrogen and oxygen atoms in total. The second-order valence-electron chi connectivity index (χ2n) is 8.33. The molecular weight excluding hydrogens is 418 g/mol. The number of fused-ring (bicyclic) bond motifs is 1. The first-order valence-electron chi connectivity index (χ1n) is 11.0. The quantitative estimate of drug-likeness (QED) is 0.522. The number of aromatic amines is 1. The van der Waals surface area contributed by atoms with E-state index >= 15 is 0 Å². The molecule has 0 aliphatic carbocycles. The van der Waals surface area contributed by atoms with Gasteiger partial charge in [0.05, 0.1) is 34.5 Å². The number of hydrogen-bond donors (Lipinski definition) is 1. The highest BCUT2D eigenvalue weighted by Gasteiger charge is 2.24. The van der Waals surface area contributed by atoms with E-state index < -0.39 is 0 Å². The van der Waals surface area contributed by atoms with E-state index in [9.17, 15) is 9.59 Å². The Morgan fingerprint density at radius 3 is 2.64 bits per heavy atom. The van der Waals surface area contributed by atoms with Crippen molar-refractivity contribution in [2.75, 3.05) is 31.1 Å². The van der Waals surface area contributed by atoms with Crippen molar-refractivity contribution in [3.05, 3.63) is 75.8 Å². The molecule has 0 unspecified atom stereocenters. The van der Waals surface area contributed by atoms with Gasteiger partial charge in [0.15, 0.2) is 0 Å². The number of rotatable bonds is 3. The maximum Gasteiger partial charge on any atom is 0.260 e. The second kappa shape index (κ2) is 8.50. The van der Waals surface area contributed by atoms with Crippen LogP contribution < -0.4 is 10.5 Å². The molecule has 1 aliphatic heterocycles. The zero-order valence-corrected chi connectivity index (χ0v) is 18.7. The third-order valence-electron chi connectivity index (χ3n) is 6.03. The molecular formula is C24H25N7O2. The smallest absolute Gasteiger partial charge is 0.260 e. The normalized spacial score (nSPS) is 14.5. The molecule has 0 bridgehead atoms. The van der Waals surface area contributed by atoms with Crippen LogP contribution in [0, 0.1) is 13.8 Å². The molecule has 0 spiro atoms. The number of nitrogens with zero attached hydrogens (tertiary/aromatic N) is 6. The summed E-state index contributed by atoms with van der Waals surface area (Å²) in [5, 5.41) is 9.01. The molecule has 2 aromatic heterocycles. The number of H-pyrrole nitrogens is 1. The maximum absolute atomic E-state index is 13.5. The van der Waals surface area contributed by atoms with Crippen LogP contribution in [-0.4, -0.2) is 61.9 Å². The van der Waals surface area contributed by atoms with Crippen molar-refractivity contribution in [2.45, 2.75) is 20.3 Å². The van der Waals surface area contributed by atoms with Crippen molar-refractivity contribution in [2.24, 2.45) is 0 Å². The van der Waals surface area contributed by atoms with Gasteiger partial charge in [-0.3, -0.25) is 14.6 Å². The van der Waals surface area contributed by atoms with Crippen molar-refractivity contribution in [3.63, 3.8) is 0 Å². The van der Waals surface area contributed by atoms with E-state index in [0.29, 0.717) is 54.3 Å². The summed E-state index contributed by atoms with van der Waals surface area (Å²) < 4.78 is 0. The summed E-state index contributed by atoms with van der Waals surface area (Å²) in [6.07, 6.45) is 3.95. The lowest BCUT2D eigenvalue weighted by Gasteiger charge is -2.23. The van der Waals surface area contributed by atoms with Crippen LogP contribution in [0.5, 0.6) is 0 Å². The zero-order valence-electron chi connectivity index (χ0n) is 18.7. The molecule has 0 atom stereocenters. The minimum absolute atomic E-state index is 0.0524. The maximum atomic E-state index is 13.5. The molecule has 4 aromatic rings. The lowest BCUT2D eigenvalue weighted by atomic mass is 10.1. The molecule has 1 N–H and O–H groups in total. The van der Waals surface area contributed by atoms with Gasteiger partial charge < -0.3 is 9.80 Å². The third-order valence-corrected chi connectivity index (χ3v) is 6.03. The van der Waals surface area contributed by atoms with E-state index in [0.717, 1.165) is 17.5 Å². The molecule has 0 saturated carbocycles. The molecule has 1 fully saturated rings. The Kier molecular flexibility index (Phi) is 5.37. The van der Waals surface area contributed by atoms with Gasteiger partial charge in [0.1, 0.15) is 0 Å². The fourth-order valence-corrected chi connectivity index (χ4v) is 4.34. The third kappa shape index (κ3) is 3.97. The van der Waals surface area contributed by atoms with Gasteiger partial charge >= 0.3 is 0 Å². The number of carbonyl (C=O) groups excluding carboxylic acids is 1. The van der Waals surface area contributed by atoms with E-state index in [-0.39, 0.29) is 11.5 Å². The van der Waals surface area contributed by atoms with Gasteiger partial charge in [0.25, 0.3) is 11.5 Å². The number of benzene rings is 2. The summed E-state index contributed by atoms with van der Waals surface area (Å²) in [7, 11) is 0. The fraction of sp³-hybridized carbons (Fsp3) is 0.292. The minimum atomic E-state index is -0.138. The summed E-state index contributed by atoms with van der Waals surface area (Å²) in [5.74, 6) is 0.493. The summed E-state index contributed by atoms with van der Waals surface area (Å²) in [4.78, 5) is 39.2. The van der Waals surface area contributed by atoms with Crippen LogP contribution in [0.25, 0.3) is 16.6 Å². The molecule has 1 amide bonds. The van der Waals surface area contributed by atoms with Crippen LogP contribution in [-0.2, 0) is 0 Å². The van der Waals surface area contributed by atoms with Crippen molar-refractivity contribution in [3.8, 4) is 5.69 Å². The van der Waals surface area contributed by atoms with E-state index in [1.807, 2.05) is 60.0 Å². The van der Waals surface area contributed by atoms with Crippen LogP contribution in [0.15, 0.2) is 53.6 Å². The van der Waals surface area contributed by atoms with Gasteiger partial charge in [0.2, 0.25) is 5.95 Å². The molecule has 5 rings (SSSR count). The van der Waals surface area contributed by atoms with Crippen LogP contribution in [0.1, 0.15) is 27.9 Å². The number of aromatic nitrogens is 5. The Bertz CT molecular complexity index is 1380. The monoisotopic (exact) mass is 443 g/mol. The zero-order chi connectivity index (χ0) is 22.9. The summed E-state index contributed by atoms with van der Waals surface area (Å²) in [6.45, 7) is 6.29.